The maximum Gasteiger partial charge on any atom is 0.322 e. The first-order valence-electron chi connectivity index (χ1n) is 9.78. The molecule has 1 N–H and O–H groups in total. The Balaban J connectivity index is 1.42. The third-order valence-corrected chi connectivity index (χ3v) is 6.93. The summed E-state index contributed by atoms with van der Waals surface area (Å²) in [4.78, 5) is 26.6. The zero-order chi connectivity index (χ0) is 22.9. The number of para-hydroxylation sites is 1. The minimum absolute atomic E-state index is 0.0868. The molecule has 11 heteroatoms. The summed E-state index contributed by atoms with van der Waals surface area (Å²) in [5.41, 5.74) is 1.25. The Morgan fingerprint density at radius 1 is 1.09 bits per heavy atom. The molecule has 3 aromatic rings. The molecule has 1 saturated heterocycles. The molecule has 1 aliphatic heterocycles. The van der Waals surface area contributed by atoms with Gasteiger partial charge in [-0.2, -0.15) is 0 Å². The van der Waals surface area contributed by atoms with Crippen molar-refractivity contribution in [1.82, 2.24) is 14.5 Å². The number of anilines is 2. The molecule has 0 saturated carbocycles. The number of carbonyl (C=O) groups excluding carboxylic acids is 2. The van der Waals surface area contributed by atoms with Crippen LogP contribution in [-0.2, 0) is 19.6 Å². The van der Waals surface area contributed by atoms with E-state index in [1.54, 1.807) is 17.0 Å². The highest BCUT2D eigenvalue weighted by Crippen LogP contribution is 2.27. The molecule has 1 unspecified atom stereocenters. The van der Waals surface area contributed by atoms with Crippen LogP contribution in [0.15, 0.2) is 63.9 Å². The predicted molar refractivity (Wildman–Crippen MR) is 116 cm³/mol. The van der Waals surface area contributed by atoms with Crippen LogP contribution >= 0.6 is 0 Å². The number of aromatic nitrogens is 2. The van der Waals surface area contributed by atoms with Crippen LogP contribution in [0.2, 0.25) is 0 Å². The number of hydrogen-bond donors (Lipinski definition) is 1. The lowest BCUT2D eigenvalue weighted by atomic mass is 10.1. The highest BCUT2D eigenvalue weighted by Gasteiger charge is 2.35. The minimum Gasteiger partial charge on any atom is -0.403 e. The summed E-state index contributed by atoms with van der Waals surface area (Å²) in [6, 6.07) is 15.0. The fourth-order valence-corrected chi connectivity index (χ4v) is 4.22. The molecule has 166 valence electrons. The smallest absolute Gasteiger partial charge is 0.322 e. The highest BCUT2D eigenvalue weighted by molar-refractivity contribution is 7.89. The van der Waals surface area contributed by atoms with Crippen LogP contribution in [0.1, 0.15) is 6.42 Å². The number of carbonyl (C=O) groups is 2. The second kappa shape index (κ2) is 8.52. The van der Waals surface area contributed by atoms with Crippen molar-refractivity contribution < 1.29 is 22.4 Å². The summed E-state index contributed by atoms with van der Waals surface area (Å²) < 4.78 is 31.0. The van der Waals surface area contributed by atoms with Gasteiger partial charge in [0.1, 0.15) is 0 Å². The summed E-state index contributed by atoms with van der Waals surface area (Å²) in [5.74, 6) is -0.939. The lowest BCUT2D eigenvalue weighted by Gasteiger charge is -2.16. The molecule has 10 nitrogen and oxygen atoms in total. The second-order valence-electron chi connectivity index (χ2n) is 7.45. The monoisotopic (exact) mass is 455 g/mol. The molecule has 1 aliphatic rings. The van der Waals surface area contributed by atoms with Gasteiger partial charge in [0.05, 0.1) is 10.8 Å². The average Bonchev–Trinajstić information content (AvgIpc) is 3.41. The molecule has 4 rings (SSSR count). The standard InChI is InChI=1S/C21H21N5O5S/c1-25(2)32(29,30)17-10-8-14(9-11-17)20-23-24-21(31-20)22-19(28)15-12-18(27)26(13-15)16-6-4-3-5-7-16/h3-11,15H,12-13H2,1-2H3,(H,22,24,28). The number of hydrogen-bond acceptors (Lipinski definition) is 7. The van der Waals surface area contributed by atoms with Crippen molar-refractivity contribution in [2.75, 3.05) is 30.9 Å². The maximum atomic E-state index is 12.6. The van der Waals surface area contributed by atoms with E-state index in [0.717, 1.165) is 9.99 Å². The number of benzene rings is 2. The van der Waals surface area contributed by atoms with Crippen molar-refractivity contribution in [3.63, 3.8) is 0 Å². The fraction of sp³-hybridized carbons (Fsp3) is 0.238. The van der Waals surface area contributed by atoms with Crippen molar-refractivity contribution in [2.45, 2.75) is 11.3 Å². The lowest BCUT2D eigenvalue weighted by molar-refractivity contribution is -0.122. The molecule has 2 heterocycles. The topological polar surface area (TPSA) is 126 Å². The SMILES string of the molecule is CN(C)S(=O)(=O)c1ccc(-c2nnc(NC(=O)C3CC(=O)N(c4ccccc4)C3)o2)cc1. The van der Waals surface area contributed by atoms with Crippen LogP contribution in [0, 0.1) is 5.92 Å². The molecular weight excluding hydrogens is 434 g/mol. The quantitative estimate of drug-likeness (QED) is 0.602. The van der Waals surface area contributed by atoms with E-state index < -0.39 is 15.9 Å². The Morgan fingerprint density at radius 3 is 2.44 bits per heavy atom. The van der Waals surface area contributed by atoms with Gasteiger partial charge in [-0.25, -0.2) is 12.7 Å². The molecule has 32 heavy (non-hydrogen) atoms. The second-order valence-corrected chi connectivity index (χ2v) is 9.61. The summed E-state index contributed by atoms with van der Waals surface area (Å²) in [7, 11) is -0.644. The normalized spacial score (nSPS) is 16.5. The van der Waals surface area contributed by atoms with E-state index in [9.17, 15) is 18.0 Å². The van der Waals surface area contributed by atoms with Crippen molar-refractivity contribution in [3.05, 3.63) is 54.6 Å². The molecule has 0 aliphatic carbocycles. The van der Waals surface area contributed by atoms with E-state index in [2.05, 4.69) is 15.5 Å². The van der Waals surface area contributed by atoms with Gasteiger partial charge in [-0.3, -0.25) is 14.9 Å². The van der Waals surface area contributed by atoms with Crippen LogP contribution in [-0.4, -0.2) is 55.4 Å². The van der Waals surface area contributed by atoms with Gasteiger partial charge in [0.2, 0.25) is 27.7 Å². The molecule has 1 aromatic heterocycles. The van der Waals surface area contributed by atoms with E-state index in [1.807, 2.05) is 30.3 Å². The molecule has 1 atom stereocenters. The van der Waals surface area contributed by atoms with Gasteiger partial charge in [-0.15, -0.1) is 5.10 Å². The largest absolute Gasteiger partial charge is 0.403 e. The molecule has 0 spiro atoms. The Morgan fingerprint density at radius 2 is 1.78 bits per heavy atom. The van der Waals surface area contributed by atoms with Gasteiger partial charge < -0.3 is 9.32 Å². The summed E-state index contributed by atoms with van der Waals surface area (Å²) in [6.07, 6.45) is 0.0868. The van der Waals surface area contributed by atoms with Gasteiger partial charge in [-0.05, 0) is 36.4 Å². The van der Waals surface area contributed by atoms with E-state index in [4.69, 9.17) is 4.42 Å². The van der Waals surface area contributed by atoms with Gasteiger partial charge >= 0.3 is 6.01 Å². The summed E-state index contributed by atoms with van der Waals surface area (Å²) in [5, 5.41) is 10.3. The molecule has 0 bridgehead atoms. The highest BCUT2D eigenvalue weighted by atomic mass is 32.2. The van der Waals surface area contributed by atoms with E-state index in [1.165, 1.54) is 26.2 Å². The van der Waals surface area contributed by atoms with Crippen molar-refractivity contribution in [2.24, 2.45) is 5.92 Å². The number of nitrogens with one attached hydrogen (secondary N) is 1. The number of nitrogens with zero attached hydrogens (tertiary/aromatic N) is 4. The zero-order valence-electron chi connectivity index (χ0n) is 17.4. The van der Waals surface area contributed by atoms with E-state index in [-0.39, 0.29) is 41.6 Å². The first kappa shape index (κ1) is 21.7. The zero-order valence-corrected chi connectivity index (χ0v) is 18.2. The average molecular weight is 455 g/mol. The fourth-order valence-electron chi connectivity index (χ4n) is 3.32. The van der Waals surface area contributed by atoms with Crippen molar-refractivity contribution in [3.8, 4) is 11.5 Å². The van der Waals surface area contributed by atoms with Gasteiger partial charge in [0.25, 0.3) is 0 Å². The van der Waals surface area contributed by atoms with E-state index in [0.29, 0.717) is 5.56 Å². The van der Waals surface area contributed by atoms with Gasteiger partial charge in [-0.1, -0.05) is 23.3 Å². The number of sulfonamides is 1. The Labute approximate surface area is 184 Å². The van der Waals surface area contributed by atoms with Gasteiger partial charge in [0, 0.05) is 38.3 Å². The lowest BCUT2D eigenvalue weighted by Crippen LogP contribution is -2.28. The predicted octanol–water partition coefficient (Wildman–Crippen LogP) is 1.98. The molecule has 1 fully saturated rings. The van der Waals surface area contributed by atoms with Gasteiger partial charge in [0.15, 0.2) is 0 Å². The number of rotatable bonds is 6. The van der Waals surface area contributed by atoms with Crippen LogP contribution in [0.4, 0.5) is 11.7 Å². The number of amides is 2. The maximum absolute atomic E-state index is 12.6. The van der Waals surface area contributed by atoms with Crippen LogP contribution in [0.5, 0.6) is 0 Å². The first-order chi connectivity index (χ1) is 15.3. The van der Waals surface area contributed by atoms with E-state index >= 15 is 0 Å². The third-order valence-electron chi connectivity index (χ3n) is 5.10. The third kappa shape index (κ3) is 4.25. The summed E-state index contributed by atoms with van der Waals surface area (Å²) in [6.45, 7) is 0.261. The Bertz CT molecular complexity index is 1240. The van der Waals surface area contributed by atoms with Crippen molar-refractivity contribution >= 4 is 33.5 Å². The molecule has 2 aromatic carbocycles. The molecule has 2 amide bonds. The summed E-state index contributed by atoms with van der Waals surface area (Å²) >= 11 is 0. The van der Waals surface area contributed by atoms with Crippen LogP contribution in [0.25, 0.3) is 11.5 Å². The minimum atomic E-state index is -3.55. The van der Waals surface area contributed by atoms with Crippen LogP contribution < -0.4 is 10.2 Å². The first-order valence-corrected chi connectivity index (χ1v) is 11.2. The van der Waals surface area contributed by atoms with Crippen molar-refractivity contribution in [1.29, 1.82) is 0 Å². The molecule has 0 radical (unpaired) electrons. The van der Waals surface area contributed by atoms with Crippen LogP contribution in [0.3, 0.4) is 0 Å². The Kier molecular flexibility index (Phi) is 5.76. The molecular formula is C21H21N5O5S. The Hall–Kier alpha value is -3.57.